The quantitative estimate of drug-likeness (QED) is 0.860. The fraction of sp³-hybridized carbons (Fsp3) is 0.278. The summed E-state index contributed by atoms with van der Waals surface area (Å²) in [6.45, 7) is 0.783. The molecule has 1 amide bonds. The minimum atomic E-state index is 0.118. The van der Waals surface area contributed by atoms with Crippen LogP contribution in [-0.2, 0) is 11.2 Å². The van der Waals surface area contributed by atoms with Crippen molar-refractivity contribution in [2.75, 3.05) is 23.8 Å². The number of nitrogens with zero attached hydrogens (tertiary/aromatic N) is 1. The van der Waals surface area contributed by atoms with Crippen LogP contribution in [0.2, 0.25) is 5.02 Å². The Balaban J connectivity index is 1.76. The van der Waals surface area contributed by atoms with Crippen LogP contribution < -0.4 is 5.73 Å². The number of benzene rings is 2. The van der Waals surface area contributed by atoms with Crippen molar-refractivity contribution in [1.82, 2.24) is 4.90 Å². The van der Waals surface area contributed by atoms with Crippen LogP contribution in [0.25, 0.3) is 0 Å². The average Bonchev–Trinajstić information content (AvgIpc) is 2.58. The fourth-order valence-corrected chi connectivity index (χ4v) is 3.99. The van der Waals surface area contributed by atoms with Crippen LogP contribution in [0.15, 0.2) is 48.5 Å². The molecular formula is C18H19ClN2OS. The molecule has 2 N–H and O–H groups in total. The number of halogens is 1. The summed E-state index contributed by atoms with van der Waals surface area (Å²) < 4.78 is 0. The van der Waals surface area contributed by atoms with E-state index in [1.54, 1.807) is 0 Å². The third kappa shape index (κ3) is 4.01. The number of rotatable bonds is 3. The number of carbonyl (C=O) groups is 1. The van der Waals surface area contributed by atoms with Gasteiger partial charge in [-0.05, 0) is 35.4 Å². The van der Waals surface area contributed by atoms with Crippen LogP contribution in [0.5, 0.6) is 0 Å². The van der Waals surface area contributed by atoms with Gasteiger partial charge in [0.2, 0.25) is 5.91 Å². The summed E-state index contributed by atoms with van der Waals surface area (Å²) in [5, 5.41) is 0.719. The Morgan fingerprint density at radius 1 is 1.17 bits per heavy atom. The highest BCUT2D eigenvalue weighted by Crippen LogP contribution is 2.30. The molecule has 1 fully saturated rings. The fourth-order valence-electron chi connectivity index (χ4n) is 2.77. The highest BCUT2D eigenvalue weighted by molar-refractivity contribution is 7.99. The molecule has 3 nitrogen and oxygen atoms in total. The van der Waals surface area contributed by atoms with Gasteiger partial charge in [-0.1, -0.05) is 35.9 Å². The Kier molecular flexibility index (Phi) is 5.13. The molecule has 120 valence electrons. The van der Waals surface area contributed by atoms with E-state index in [0.717, 1.165) is 39.9 Å². The lowest BCUT2D eigenvalue weighted by molar-refractivity contribution is -0.132. The molecular weight excluding hydrogens is 328 g/mol. The van der Waals surface area contributed by atoms with Crippen molar-refractivity contribution >= 4 is 35.0 Å². The second kappa shape index (κ2) is 7.28. The first-order valence-corrected chi connectivity index (χ1v) is 9.14. The molecule has 2 aromatic rings. The van der Waals surface area contributed by atoms with Gasteiger partial charge in [-0.2, -0.15) is 11.8 Å². The first-order valence-electron chi connectivity index (χ1n) is 7.60. The van der Waals surface area contributed by atoms with Crippen molar-refractivity contribution in [3.63, 3.8) is 0 Å². The second-order valence-electron chi connectivity index (χ2n) is 5.65. The lowest BCUT2D eigenvalue weighted by Gasteiger charge is -2.36. The van der Waals surface area contributed by atoms with Crippen LogP contribution in [0.4, 0.5) is 5.69 Å². The number of nitrogen functional groups attached to an aromatic ring is 1. The highest BCUT2D eigenvalue weighted by atomic mass is 35.5. The third-order valence-corrected chi connectivity index (χ3v) is 5.31. The summed E-state index contributed by atoms with van der Waals surface area (Å²) in [6.07, 6.45) is 0.412. The summed E-state index contributed by atoms with van der Waals surface area (Å²) in [4.78, 5) is 14.8. The lowest BCUT2D eigenvalue weighted by Crippen LogP contribution is -2.41. The molecule has 23 heavy (non-hydrogen) atoms. The Morgan fingerprint density at radius 3 is 2.57 bits per heavy atom. The van der Waals surface area contributed by atoms with Crippen molar-refractivity contribution in [3.05, 3.63) is 64.7 Å². The predicted octanol–water partition coefficient (Wildman–Crippen LogP) is 3.78. The molecule has 2 aromatic carbocycles. The molecule has 0 saturated carbocycles. The molecule has 1 atom stereocenters. The zero-order chi connectivity index (χ0) is 16.2. The van der Waals surface area contributed by atoms with E-state index in [1.807, 2.05) is 65.2 Å². The molecule has 3 rings (SSSR count). The van der Waals surface area contributed by atoms with Gasteiger partial charge in [0.05, 0.1) is 12.5 Å². The number of anilines is 1. The Bertz CT molecular complexity index is 672. The Labute approximate surface area is 145 Å². The summed E-state index contributed by atoms with van der Waals surface area (Å²) in [6, 6.07) is 15.4. The largest absolute Gasteiger partial charge is 0.399 e. The van der Waals surface area contributed by atoms with Crippen molar-refractivity contribution in [3.8, 4) is 0 Å². The van der Waals surface area contributed by atoms with Crippen molar-refractivity contribution in [2.45, 2.75) is 12.5 Å². The van der Waals surface area contributed by atoms with Crippen molar-refractivity contribution in [1.29, 1.82) is 0 Å². The highest BCUT2D eigenvalue weighted by Gasteiger charge is 2.28. The monoisotopic (exact) mass is 346 g/mol. The van der Waals surface area contributed by atoms with Gasteiger partial charge in [-0.15, -0.1) is 0 Å². The van der Waals surface area contributed by atoms with E-state index >= 15 is 0 Å². The number of amides is 1. The number of thioether (sulfide) groups is 1. The standard InChI is InChI=1S/C18H19ClN2OS/c19-15-5-3-14(4-6-15)17-12-23-10-9-21(17)18(22)11-13-1-7-16(20)8-2-13/h1-8,17H,9-12,20H2. The molecule has 1 heterocycles. The van der Waals surface area contributed by atoms with E-state index < -0.39 is 0 Å². The van der Waals surface area contributed by atoms with Crippen LogP contribution >= 0.6 is 23.4 Å². The molecule has 1 aliphatic rings. The van der Waals surface area contributed by atoms with Gasteiger partial charge in [0, 0.05) is 28.8 Å². The molecule has 5 heteroatoms. The number of nitrogens with two attached hydrogens (primary N) is 1. The first-order chi connectivity index (χ1) is 11.1. The summed E-state index contributed by atoms with van der Waals surface area (Å²) in [5.74, 6) is 2.07. The molecule has 0 bridgehead atoms. The maximum absolute atomic E-state index is 12.8. The van der Waals surface area contributed by atoms with E-state index in [0.29, 0.717) is 6.42 Å². The zero-order valence-corrected chi connectivity index (χ0v) is 14.3. The van der Waals surface area contributed by atoms with E-state index in [4.69, 9.17) is 17.3 Å². The predicted molar refractivity (Wildman–Crippen MR) is 97.8 cm³/mol. The Morgan fingerprint density at radius 2 is 1.87 bits per heavy atom. The van der Waals surface area contributed by atoms with Gasteiger partial charge in [0.1, 0.15) is 0 Å². The summed E-state index contributed by atoms with van der Waals surface area (Å²) in [5.41, 5.74) is 8.56. The topological polar surface area (TPSA) is 46.3 Å². The van der Waals surface area contributed by atoms with E-state index in [2.05, 4.69) is 0 Å². The first kappa shape index (κ1) is 16.2. The summed E-state index contributed by atoms with van der Waals surface area (Å²) >= 11 is 7.86. The number of hydrogen-bond acceptors (Lipinski definition) is 3. The molecule has 0 aliphatic carbocycles. The normalized spacial score (nSPS) is 18.0. The van der Waals surface area contributed by atoms with Gasteiger partial charge >= 0.3 is 0 Å². The number of hydrogen-bond donors (Lipinski definition) is 1. The van der Waals surface area contributed by atoms with Gasteiger partial charge in [0.25, 0.3) is 0 Å². The van der Waals surface area contributed by atoms with Crippen LogP contribution in [0, 0.1) is 0 Å². The van der Waals surface area contributed by atoms with Crippen LogP contribution in [0.1, 0.15) is 17.2 Å². The Hall–Kier alpha value is -1.65. The third-order valence-electron chi connectivity index (χ3n) is 4.04. The second-order valence-corrected chi connectivity index (χ2v) is 7.23. The van der Waals surface area contributed by atoms with Crippen LogP contribution in [0.3, 0.4) is 0 Å². The smallest absolute Gasteiger partial charge is 0.227 e. The van der Waals surface area contributed by atoms with Gasteiger partial charge in [-0.3, -0.25) is 4.79 Å². The average molecular weight is 347 g/mol. The van der Waals surface area contributed by atoms with Crippen LogP contribution in [-0.4, -0.2) is 28.9 Å². The molecule has 1 aliphatic heterocycles. The summed E-state index contributed by atoms with van der Waals surface area (Å²) in [7, 11) is 0. The van der Waals surface area contributed by atoms with Crippen molar-refractivity contribution in [2.24, 2.45) is 0 Å². The SMILES string of the molecule is Nc1ccc(CC(=O)N2CCSCC2c2ccc(Cl)cc2)cc1. The van der Waals surface area contributed by atoms with Gasteiger partial charge in [0.15, 0.2) is 0 Å². The van der Waals surface area contributed by atoms with Gasteiger partial charge in [-0.25, -0.2) is 0 Å². The molecule has 1 unspecified atom stereocenters. The lowest BCUT2D eigenvalue weighted by atomic mass is 10.0. The minimum absolute atomic E-state index is 0.118. The van der Waals surface area contributed by atoms with Crippen molar-refractivity contribution < 1.29 is 4.79 Å². The molecule has 0 aromatic heterocycles. The number of carbonyl (C=O) groups excluding carboxylic acids is 1. The maximum atomic E-state index is 12.8. The van der Waals surface area contributed by atoms with Gasteiger partial charge < -0.3 is 10.6 Å². The minimum Gasteiger partial charge on any atom is -0.399 e. The molecule has 1 saturated heterocycles. The molecule has 0 radical (unpaired) electrons. The maximum Gasteiger partial charge on any atom is 0.227 e. The van der Waals surface area contributed by atoms with E-state index in [-0.39, 0.29) is 11.9 Å². The van der Waals surface area contributed by atoms with E-state index in [9.17, 15) is 4.79 Å². The molecule has 0 spiro atoms. The zero-order valence-electron chi connectivity index (χ0n) is 12.7. The van der Waals surface area contributed by atoms with E-state index in [1.165, 1.54) is 0 Å².